The number of hydrogen-bond donors (Lipinski definition) is 1. The molecule has 25 heavy (non-hydrogen) atoms. The fourth-order valence-corrected chi connectivity index (χ4v) is 3.63. The van der Waals surface area contributed by atoms with E-state index < -0.39 is 0 Å². The van der Waals surface area contributed by atoms with E-state index in [1.165, 1.54) is 0 Å². The second-order valence-electron chi connectivity index (χ2n) is 6.81. The number of piperidine rings is 1. The van der Waals surface area contributed by atoms with Crippen LogP contribution in [-0.2, 0) is 11.3 Å². The minimum Gasteiger partial charge on any atom is -0.349 e. The summed E-state index contributed by atoms with van der Waals surface area (Å²) in [5.41, 5.74) is 2.27. The molecule has 1 unspecified atom stereocenters. The summed E-state index contributed by atoms with van der Waals surface area (Å²) in [4.78, 5) is 15.0. The zero-order chi connectivity index (χ0) is 17.6. The number of hydrogen-bond acceptors (Lipinski definition) is 2. The number of nitrogens with one attached hydrogen (secondary N) is 1. The van der Waals surface area contributed by atoms with Crippen LogP contribution < -0.4 is 5.32 Å². The van der Waals surface area contributed by atoms with Crippen molar-refractivity contribution < 1.29 is 4.79 Å². The Kier molecular flexibility index (Phi) is 6.11. The third-order valence-corrected chi connectivity index (χ3v) is 5.26. The molecule has 4 heteroatoms. The van der Waals surface area contributed by atoms with Crippen LogP contribution in [0.3, 0.4) is 0 Å². The summed E-state index contributed by atoms with van der Waals surface area (Å²) < 4.78 is 0. The smallest absolute Gasteiger partial charge is 0.224 e. The Bertz CT molecular complexity index is 704. The Balaban J connectivity index is 1.57. The SMILES string of the molecule is C[C@@H](NC(=O)C1CCCN(Cc2ccccc2Cl)C1)c1ccccc1. The van der Waals surface area contributed by atoms with E-state index >= 15 is 0 Å². The fraction of sp³-hybridized carbons (Fsp3) is 0.381. The number of halogens is 1. The molecule has 0 aliphatic carbocycles. The Morgan fingerprint density at radius 1 is 1.20 bits per heavy atom. The van der Waals surface area contributed by atoms with Crippen LogP contribution >= 0.6 is 11.6 Å². The lowest BCUT2D eigenvalue weighted by atomic mass is 9.96. The average Bonchev–Trinajstić information content (AvgIpc) is 2.64. The first-order valence-corrected chi connectivity index (χ1v) is 9.32. The van der Waals surface area contributed by atoms with E-state index in [0.717, 1.165) is 48.6 Å². The number of likely N-dealkylation sites (tertiary alicyclic amines) is 1. The van der Waals surface area contributed by atoms with Gasteiger partial charge in [0.1, 0.15) is 0 Å². The quantitative estimate of drug-likeness (QED) is 0.859. The Hall–Kier alpha value is -1.84. The minimum atomic E-state index is 0.0349. The van der Waals surface area contributed by atoms with E-state index in [1.54, 1.807) is 0 Å². The normalized spacial score (nSPS) is 19.4. The molecule has 0 aromatic heterocycles. The Morgan fingerprint density at radius 2 is 1.92 bits per heavy atom. The zero-order valence-corrected chi connectivity index (χ0v) is 15.4. The first-order chi connectivity index (χ1) is 12.1. The number of amides is 1. The van der Waals surface area contributed by atoms with Crippen molar-refractivity contribution in [1.29, 1.82) is 0 Å². The second kappa shape index (κ2) is 8.50. The summed E-state index contributed by atoms with van der Waals surface area (Å²) in [6.07, 6.45) is 1.99. The average molecular weight is 357 g/mol. The number of benzene rings is 2. The van der Waals surface area contributed by atoms with E-state index in [9.17, 15) is 4.79 Å². The standard InChI is InChI=1S/C21H25ClN2O/c1-16(17-8-3-2-4-9-17)23-21(25)19-11-7-13-24(15-19)14-18-10-5-6-12-20(18)22/h2-6,8-10,12,16,19H,7,11,13-15H2,1H3,(H,23,25)/t16-,19?/m1/s1. The van der Waals surface area contributed by atoms with Crippen LogP contribution in [0.1, 0.15) is 36.9 Å². The van der Waals surface area contributed by atoms with Gasteiger partial charge in [0.2, 0.25) is 5.91 Å². The van der Waals surface area contributed by atoms with Gasteiger partial charge < -0.3 is 5.32 Å². The molecule has 1 saturated heterocycles. The van der Waals surface area contributed by atoms with Crippen LogP contribution in [0.4, 0.5) is 0 Å². The van der Waals surface area contributed by atoms with Gasteiger partial charge in [0.25, 0.3) is 0 Å². The maximum Gasteiger partial charge on any atom is 0.224 e. The van der Waals surface area contributed by atoms with Crippen molar-refractivity contribution in [2.45, 2.75) is 32.4 Å². The number of rotatable bonds is 5. The molecule has 1 aliphatic rings. The lowest BCUT2D eigenvalue weighted by molar-refractivity contribution is -0.127. The van der Waals surface area contributed by atoms with Crippen LogP contribution in [0.5, 0.6) is 0 Å². The monoisotopic (exact) mass is 356 g/mol. The summed E-state index contributed by atoms with van der Waals surface area (Å²) in [6, 6.07) is 18.1. The Morgan fingerprint density at radius 3 is 2.68 bits per heavy atom. The van der Waals surface area contributed by atoms with Gasteiger partial charge >= 0.3 is 0 Å². The zero-order valence-electron chi connectivity index (χ0n) is 14.6. The first-order valence-electron chi connectivity index (χ1n) is 8.94. The van der Waals surface area contributed by atoms with Crippen molar-refractivity contribution in [3.63, 3.8) is 0 Å². The molecule has 2 aromatic carbocycles. The van der Waals surface area contributed by atoms with Gasteiger partial charge in [-0.05, 0) is 43.5 Å². The van der Waals surface area contributed by atoms with Gasteiger partial charge in [-0.1, -0.05) is 60.1 Å². The summed E-state index contributed by atoms with van der Waals surface area (Å²) in [5, 5.41) is 3.97. The number of nitrogens with zero attached hydrogens (tertiary/aromatic N) is 1. The summed E-state index contributed by atoms with van der Waals surface area (Å²) in [7, 11) is 0. The van der Waals surface area contributed by atoms with Gasteiger partial charge in [0, 0.05) is 18.1 Å². The van der Waals surface area contributed by atoms with Crippen LogP contribution in [-0.4, -0.2) is 23.9 Å². The topological polar surface area (TPSA) is 32.3 Å². The Labute approximate surface area is 155 Å². The van der Waals surface area contributed by atoms with Crippen LogP contribution in [0.2, 0.25) is 5.02 Å². The summed E-state index contributed by atoms with van der Waals surface area (Å²) in [6.45, 7) is 4.65. The molecule has 0 saturated carbocycles. The molecule has 1 aliphatic heterocycles. The van der Waals surface area contributed by atoms with Crippen LogP contribution in [0.25, 0.3) is 0 Å². The molecule has 1 heterocycles. The highest BCUT2D eigenvalue weighted by molar-refractivity contribution is 6.31. The van der Waals surface area contributed by atoms with Gasteiger partial charge in [-0.25, -0.2) is 0 Å². The minimum absolute atomic E-state index is 0.0349. The molecule has 0 spiro atoms. The van der Waals surface area contributed by atoms with Gasteiger partial charge in [0.15, 0.2) is 0 Å². The lowest BCUT2D eigenvalue weighted by Gasteiger charge is -2.32. The predicted octanol–water partition coefficient (Wildman–Crippen LogP) is 4.43. The third kappa shape index (κ3) is 4.83. The van der Waals surface area contributed by atoms with Gasteiger partial charge in [-0.3, -0.25) is 9.69 Å². The predicted molar refractivity (Wildman–Crippen MR) is 102 cm³/mol. The van der Waals surface area contributed by atoms with E-state index in [4.69, 9.17) is 11.6 Å². The molecule has 0 bridgehead atoms. The van der Waals surface area contributed by atoms with Crippen LogP contribution in [0.15, 0.2) is 54.6 Å². The van der Waals surface area contributed by atoms with Crippen molar-refractivity contribution in [2.75, 3.05) is 13.1 Å². The number of carbonyl (C=O) groups is 1. The summed E-state index contributed by atoms with van der Waals surface area (Å²) in [5.74, 6) is 0.197. The summed E-state index contributed by atoms with van der Waals surface area (Å²) >= 11 is 6.27. The van der Waals surface area contributed by atoms with E-state index in [-0.39, 0.29) is 17.9 Å². The highest BCUT2D eigenvalue weighted by Crippen LogP contribution is 2.23. The molecule has 0 radical (unpaired) electrons. The molecular formula is C21H25ClN2O. The van der Waals surface area contributed by atoms with Gasteiger partial charge in [-0.15, -0.1) is 0 Å². The first kappa shape index (κ1) is 18.0. The van der Waals surface area contributed by atoms with Crippen molar-refractivity contribution in [1.82, 2.24) is 10.2 Å². The molecule has 1 N–H and O–H groups in total. The highest BCUT2D eigenvalue weighted by atomic mass is 35.5. The molecule has 3 rings (SSSR count). The molecule has 2 aromatic rings. The van der Waals surface area contributed by atoms with E-state index in [2.05, 4.69) is 28.4 Å². The fourth-order valence-electron chi connectivity index (χ4n) is 3.44. The molecule has 1 amide bonds. The highest BCUT2D eigenvalue weighted by Gasteiger charge is 2.27. The van der Waals surface area contributed by atoms with Gasteiger partial charge in [0.05, 0.1) is 12.0 Å². The number of carbonyl (C=O) groups excluding carboxylic acids is 1. The van der Waals surface area contributed by atoms with Crippen molar-refractivity contribution in [3.8, 4) is 0 Å². The molecular weight excluding hydrogens is 332 g/mol. The van der Waals surface area contributed by atoms with E-state index in [1.807, 2.05) is 43.3 Å². The van der Waals surface area contributed by atoms with Crippen molar-refractivity contribution >= 4 is 17.5 Å². The molecule has 1 fully saturated rings. The molecule has 2 atom stereocenters. The van der Waals surface area contributed by atoms with Gasteiger partial charge in [-0.2, -0.15) is 0 Å². The largest absolute Gasteiger partial charge is 0.349 e. The molecule has 3 nitrogen and oxygen atoms in total. The lowest BCUT2D eigenvalue weighted by Crippen LogP contribution is -2.43. The van der Waals surface area contributed by atoms with Crippen molar-refractivity contribution in [2.24, 2.45) is 5.92 Å². The maximum atomic E-state index is 12.7. The second-order valence-corrected chi connectivity index (χ2v) is 7.21. The van der Waals surface area contributed by atoms with E-state index in [0.29, 0.717) is 0 Å². The van der Waals surface area contributed by atoms with Crippen LogP contribution in [0, 0.1) is 5.92 Å². The third-order valence-electron chi connectivity index (χ3n) is 4.89. The van der Waals surface area contributed by atoms with Crippen molar-refractivity contribution in [3.05, 3.63) is 70.7 Å². The maximum absolute atomic E-state index is 12.7. The molecule has 132 valence electrons.